The van der Waals surface area contributed by atoms with Crippen LogP contribution in [0.15, 0.2) is 18.2 Å². The number of halogens is 2. The summed E-state index contributed by atoms with van der Waals surface area (Å²) in [6, 6.07) is 5.16. The van der Waals surface area contributed by atoms with E-state index in [0.29, 0.717) is 15.8 Å². The molecule has 1 saturated heterocycles. The van der Waals surface area contributed by atoms with Crippen LogP contribution in [0.1, 0.15) is 17.7 Å². The lowest BCUT2D eigenvalue weighted by Crippen LogP contribution is -2.20. The molecular weight excluding hydrogens is 279 g/mol. The van der Waals surface area contributed by atoms with Crippen molar-refractivity contribution in [3.63, 3.8) is 0 Å². The highest BCUT2D eigenvalue weighted by Crippen LogP contribution is 2.41. The highest BCUT2D eigenvalue weighted by atomic mass is 35.5. The maximum absolute atomic E-state index is 12.0. The van der Waals surface area contributed by atoms with Crippen LogP contribution in [-0.4, -0.2) is 17.3 Å². The molecule has 1 aliphatic rings. The molecule has 0 saturated carbocycles. The lowest BCUT2D eigenvalue weighted by molar-refractivity contribution is -0.129. The first-order valence-electron chi connectivity index (χ1n) is 5.11. The summed E-state index contributed by atoms with van der Waals surface area (Å²) in [6.07, 6.45) is 0. The molecular formula is C12H10Cl2O2S. The first-order chi connectivity index (χ1) is 8.00. The Labute approximate surface area is 114 Å². The van der Waals surface area contributed by atoms with Gasteiger partial charge in [-0.25, -0.2) is 0 Å². The Morgan fingerprint density at radius 1 is 1.35 bits per heavy atom. The zero-order valence-electron chi connectivity index (χ0n) is 9.07. The first kappa shape index (κ1) is 12.9. The van der Waals surface area contributed by atoms with E-state index in [-0.39, 0.29) is 16.8 Å². The molecule has 1 aromatic rings. The second-order valence-corrected chi connectivity index (χ2v) is 5.90. The molecule has 1 fully saturated rings. The smallest absolute Gasteiger partial charge is 0.161 e. The van der Waals surface area contributed by atoms with Crippen LogP contribution in [-0.2, 0) is 9.59 Å². The molecule has 2 unspecified atom stereocenters. The number of rotatable bonds is 2. The summed E-state index contributed by atoms with van der Waals surface area (Å²) >= 11 is 13.2. The van der Waals surface area contributed by atoms with Gasteiger partial charge in [0.25, 0.3) is 0 Å². The minimum Gasteiger partial charge on any atom is -0.299 e. The summed E-state index contributed by atoms with van der Waals surface area (Å²) in [5.74, 6) is -0.00980. The Balaban J connectivity index is 2.27. The largest absolute Gasteiger partial charge is 0.299 e. The van der Waals surface area contributed by atoms with Crippen LogP contribution in [0.5, 0.6) is 0 Å². The topological polar surface area (TPSA) is 34.1 Å². The Morgan fingerprint density at radius 2 is 2.06 bits per heavy atom. The number of carbonyl (C=O) groups is 2. The van der Waals surface area contributed by atoms with E-state index in [1.165, 1.54) is 18.7 Å². The van der Waals surface area contributed by atoms with E-state index in [9.17, 15) is 9.59 Å². The fourth-order valence-corrected chi connectivity index (χ4v) is 3.55. The Bertz CT molecular complexity index is 487. The van der Waals surface area contributed by atoms with Crippen molar-refractivity contribution < 1.29 is 9.59 Å². The summed E-state index contributed by atoms with van der Waals surface area (Å²) in [7, 11) is 0. The van der Waals surface area contributed by atoms with Gasteiger partial charge in [0.05, 0.1) is 21.2 Å². The molecule has 1 heterocycles. The number of hydrogen-bond donors (Lipinski definition) is 0. The Kier molecular flexibility index (Phi) is 3.81. The second kappa shape index (κ2) is 5.01. The summed E-state index contributed by atoms with van der Waals surface area (Å²) in [4.78, 5) is 23.3. The third-order valence-corrected chi connectivity index (χ3v) is 4.87. The molecule has 17 heavy (non-hydrogen) atoms. The molecule has 0 aromatic heterocycles. The first-order valence-corrected chi connectivity index (χ1v) is 6.92. The minimum atomic E-state index is -0.473. The molecule has 0 bridgehead atoms. The highest BCUT2D eigenvalue weighted by Gasteiger charge is 2.38. The lowest BCUT2D eigenvalue weighted by atomic mass is 9.96. The Hall–Kier alpha value is -0.510. The van der Waals surface area contributed by atoms with E-state index in [0.717, 1.165) is 5.56 Å². The number of ketones is 2. The summed E-state index contributed by atoms with van der Waals surface area (Å²) in [5.41, 5.74) is 0.818. The molecule has 1 aliphatic heterocycles. The van der Waals surface area contributed by atoms with Gasteiger partial charge >= 0.3 is 0 Å². The van der Waals surface area contributed by atoms with Crippen LogP contribution in [0.3, 0.4) is 0 Å². The third kappa shape index (κ3) is 2.51. The standard InChI is InChI=1S/C12H10Cl2O2S/c1-6(15)8-5-17-12(11(8)16)7-2-3-9(13)10(14)4-7/h2-4,8,12H,5H2,1H3. The monoisotopic (exact) mass is 288 g/mol. The van der Waals surface area contributed by atoms with Crippen LogP contribution < -0.4 is 0 Å². The lowest BCUT2D eigenvalue weighted by Gasteiger charge is -2.09. The minimum absolute atomic E-state index is 0.0270. The van der Waals surface area contributed by atoms with Crippen LogP contribution in [0.4, 0.5) is 0 Å². The molecule has 1 aromatic carbocycles. The van der Waals surface area contributed by atoms with Gasteiger partial charge in [0.2, 0.25) is 0 Å². The summed E-state index contributed by atoms with van der Waals surface area (Å²) in [5, 5.41) is 0.608. The number of carbonyl (C=O) groups excluding carboxylic acids is 2. The van der Waals surface area contributed by atoms with Crippen molar-refractivity contribution in [1.82, 2.24) is 0 Å². The van der Waals surface area contributed by atoms with Crippen molar-refractivity contribution in [2.45, 2.75) is 12.2 Å². The molecule has 2 rings (SSSR count). The van der Waals surface area contributed by atoms with E-state index in [4.69, 9.17) is 23.2 Å². The summed E-state index contributed by atoms with van der Waals surface area (Å²) in [6.45, 7) is 1.46. The molecule has 90 valence electrons. The van der Waals surface area contributed by atoms with Gasteiger partial charge in [0, 0.05) is 5.75 Å². The van der Waals surface area contributed by atoms with Gasteiger partial charge in [-0.1, -0.05) is 29.3 Å². The van der Waals surface area contributed by atoms with Crippen molar-refractivity contribution >= 4 is 46.5 Å². The quantitative estimate of drug-likeness (QED) is 0.781. The van der Waals surface area contributed by atoms with Gasteiger partial charge in [-0.15, -0.1) is 11.8 Å². The second-order valence-electron chi connectivity index (χ2n) is 3.95. The van der Waals surface area contributed by atoms with E-state index >= 15 is 0 Å². The van der Waals surface area contributed by atoms with Gasteiger partial charge < -0.3 is 0 Å². The normalized spacial score (nSPS) is 24.1. The predicted molar refractivity (Wildman–Crippen MR) is 70.8 cm³/mol. The third-order valence-electron chi connectivity index (χ3n) is 2.77. The van der Waals surface area contributed by atoms with Crippen LogP contribution in [0.2, 0.25) is 10.0 Å². The van der Waals surface area contributed by atoms with E-state index < -0.39 is 5.92 Å². The Morgan fingerprint density at radius 3 is 2.59 bits per heavy atom. The van der Waals surface area contributed by atoms with Gasteiger partial charge in [-0.2, -0.15) is 0 Å². The average Bonchev–Trinajstić information content (AvgIpc) is 2.64. The van der Waals surface area contributed by atoms with Crippen LogP contribution in [0, 0.1) is 5.92 Å². The molecule has 5 heteroatoms. The zero-order valence-corrected chi connectivity index (χ0v) is 11.4. The molecule has 2 atom stereocenters. The molecule has 0 radical (unpaired) electrons. The number of thioether (sulfide) groups is 1. The molecule has 0 N–H and O–H groups in total. The highest BCUT2D eigenvalue weighted by molar-refractivity contribution is 8.00. The molecule has 0 amide bonds. The van der Waals surface area contributed by atoms with Gasteiger partial charge in [-0.3, -0.25) is 9.59 Å². The van der Waals surface area contributed by atoms with Crippen molar-refractivity contribution in [2.75, 3.05) is 5.75 Å². The maximum Gasteiger partial charge on any atom is 0.161 e. The van der Waals surface area contributed by atoms with E-state index in [1.807, 2.05) is 0 Å². The van der Waals surface area contributed by atoms with Crippen molar-refractivity contribution in [2.24, 2.45) is 5.92 Å². The number of hydrogen-bond acceptors (Lipinski definition) is 3. The molecule has 2 nitrogen and oxygen atoms in total. The number of benzene rings is 1. The molecule has 0 spiro atoms. The van der Waals surface area contributed by atoms with Crippen LogP contribution in [0.25, 0.3) is 0 Å². The fourth-order valence-electron chi connectivity index (χ4n) is 1.79. The van der Waals surface area contributed by atoms with E-state index in [2.05, 4.69) is 0 Å². The van der Waals surface area contributed by atoms with Gasteiger partial charge in [-0.05, 0) is 24.6 Å². The van der Waals surface area contributed by atoms with Crippen molar-refractivity contribution in [1.29, 1.82) is 0 Å². The van der Waals surface area contributed by atoms with Gasteiger partial charge in [0.15, 0.2) is 5.78 Å². The molecule has 0 aliphatic carbocycles. The van der Waals surface area contributed by atoms with Crippen LogP contribution >= 0.6 is 35.0 Å². The summed E-state index contributed by atoms with van der Waals surface area (Å²) < 4.78 is 0. The van der Waals surface area contributed by atoms with Crippen molar-refractivity contribution in [3.05, 3.63) is 33.8 Å². The predicted octanol–water partition coefficient (Wildman–Crippen LogP) is 3.56. The maximum atomic E-state index is 12.0. The SMILES string of the molecule is CC(=O)C1CSC(c2ccc(Cl)c(Cl)c2)C1=O. The average molecular weight is 289 g/mol. The fraction of sp³-hybridized carbons (Fsp3) is 0.333. The van der Waals surface area contributed by atoms with Gasteiger partial charge in [0.1, 0.15) is 5.78 Å². The van der Waals surface area contributed by atoms with E-state index in [1.54, 1.807) is 18.2 Å². The zero-order chi connectivity index (χ0) is 12.6. The van der Waals surface area contributed by atoms with Crippen molar-refractivity contribution in [3.8, 4) is 0 Å². The number of Topliss-reactive ketones (excluding diaryl/α,β-unsaturated/α-hetero) is 2.